The van der Waals surface area contributed by atoms with Crippen molar-refractivity contribution in [3.8, 4) is 10.6 Å². The van der Waals surface area contributed by atoms with Crippen LogP contribution in [0.3, 0.4) is 0 Å². The van der Waals surface area contributed by atoms with Crippen LogP contribution in [-0.2, 0) is 6.54 Å². The highest BCUT2D eigenvalue weighted by molar-refractivity contribution is 7.80. The number of amides is 1. The lowest BCUT2D eigenvalue weighted by atomic mass is 10.1. The van der Waals surface area contributed by atoms with Crippen LogP contribution in [0, 0.1) is 5.82 Å². The first-order valence-electron chi connectivity index (χ1n) is 8.89. The number of carbonyl (C=O) groups excluding carboxylic acids is 1. The van der Waals surface area contributed by atoms with E-state index in [4.69, 9.17) is 12.2 Å². The molecule has 4 nitrogen and oxygen atoms in total. The van der Waals surface area contributed by atoms with Crippen LogP contribution in [0.2, 0.25) is 0 Å². The molecule has 3 aromatic carbocycles. The van der Waals surface area contributed by atoms with Gasteiger partial charge in [-0.25, -0.2) is 9.37 Å². The van der Waals surface area contributed by atoms with Crippen LogP contribution in [0.25, 0.3) is 20.8 Å². The van der Waals surface area contributed by atoms with E-state index in [1.54, 1.807) is 17.4 Å². The molecule has 0 aliphatic rings. The van der Waals surface area contributed by atoms with Gasteiger partial charge in [0.05, 0.1) is 15.8 Å². The van der Waals surface area contributed by atoms with E-state index in [0.29, 0.717) is 6.54 Å². The molecular formula is C22H16FN3OS2. The molecule has 0 bridgehead atoms. The molecule has 1 heterocycles. The van der Waals surface area contributed by atoms with Crippen LogP contribution in [0.1, 0.15) is 15.9 Å². The Morgan fingerprint density at radius 3 is 2.48 bits per heavy atom. The summed E-state index contributed by atoms with van der Waals surface area (Å²) in [5, 5.41) is 6.57. The van der Waals surface area contributed by atoms with Crippen molar-refractivity contribution in [1.29, 1.82) is 0 Å². The number of nitrogens with zero attached hydrogens (tertiary/aromatic N) is 1. The lowest BCUT2D eigenvalue weighted by Crippen LogP contribution is -2.39. The van der Waals surface area contributed by atoms with Gasteiger partial charge in [-0.3, -0.25) is 10.1 Å². The Labute approximate surface area is 176 Å². The number of benzene rings is 3. The van der Waals surface area contributed by atoms with Gasteiger partial charge in [-0.15, -0.1) is 11.3 Å². The number of nitrogens with one attached hydrogen (secondary N) is 2. The van der Waals surface area contributed by atoms with Gasteiger partial charge in [-0.1, -0.05) is 48.5 Å². The number of hydrogen-bond donors (Lipinski definition) is 2. The summed E-state index contributed by atoms with van der Waals surface area (Å²) in [6.45, 7) is 0.441. The summed E-state index contributed by atoms with van der Waals surface area (Å²) in [5.41, 5.74) is 2.99. The van der Waals surface area contributed by atoms with Gasteiger partial charge in [-0.2, -0.15) is 0 Å². The maximum Gasteiger partial charge on any atom is 0.260 e. The molecule has 2 N–H and O–H groups in total. The second-order valence-corrected chi connectivity index (χ2v) is 7.74. The van der Waals surface area contributed by atoms with Gasteiger partial charge in [0.15, 0.2) is 5.11 Å². The minimum atomic E-state index is -0.585. The molecule has 0 saturated carbocycles. The molecule has 1 aromatic heterocycles. The summed E-state index contributed by atoms with van der Waals surface area (Å²) in [7, 11) is 0. The monoisotopic (exact) mass is 421 g/mol. The van der Waals surface area contributed by atoms with E-state index >= 15 is 0 Å². The van der Waals surface area contributed by atoms with Crippen LogP contribution in [0.15, 0.2) is 72.8 Å². The fourth-order valence-electron chi connectivity index (χ4n) is 2.80. The normalized spacial score (nSPS) is 10.7. The smallest absolute Gasteiger partial charge is 0.260 e. The summed E-state index contributed by atoms with van der Waals surface area (Å²) in [6.07, 6.45) is 0. The number of thiazole rings is 1. The zero-order chi connectivity index (χ0) is 20.2. The predicted octanol–water partition coefficient (Wildman–Crippen LogP) is 4.91. The molecule has 0 unspecified atom stereocenters. The number of thiocarbonyl (C=S) groups is 1. The number of carbonyl (C=O) groups is 1. The first-order chi connectivity index (χ1) is 14.1. The van der Waals surface area contributed by atoms with Crippen molar-refractivity contribution in [1.82, 2.24) is 15.6 Å². The Kier molecular flexibility index (Phi) is 5.59. The molecule has 7 heteroatoms. The van der Waals surface area contributed by atoms with E-state index in [1.807, 2.05) is 42.5 Å². The highest BCUT2D eigenvalue weighted by Gasteiger charge is 2.12. The van der Waals surface area contributed by atoms with Crippen molar-refractivity contribution in [3.05, 3.63) is 89.7 Å². The Bertz CT molecular complexity index is 1160. The zero-order valence-electron chi connectivity index (χ0n) is 15.2. The van der Waals surface area contributed by atoms with Crippen molar-refractivity contribution in [2.75, 3.05) is 0 Å². The van der Waals surface area contributed by atoms with E-state index < -0.39 is 11.7 Å². The standard InChI is InChI=1S/C22H16FN3OS2/c23-17-6-2-1-5-16(17)20(27)26-22(28)24-13-14-9-11-15(12-10-14)21-25-18-7-3-4-8-19(18)29-21/h1-12H,13H2,(H2,24,26,27,28). The summed E-state index contributed by atoms with van der Waals surface area (Å²) < 4.78 is 14.8. The average molecular weight is 422 g/mol. The van der Waals surface area contributed by atoms with Gasteiger partial charge in [0.25, 0.3) is 5.91 Å². The Morgan fingerprint density at radius 2 is 1.72 bits per heavy atom. The number of aromatic nitrogens is 1. The van der Waals surface area contributed by atoms with E-state index in [9.17, 15) is 9.18 Å². The van der Waals surface area contributed by atoms with E-state index in [1.165, 1.54) is 18.2 Å². The molecule has 4 rings (SSSR count). The molecule has 0 fully saturated rings. The lowest BCUT2D eigenvalue weighted by Gasteiger charge is -2.10. The number of halogens is 1. The molecule has 0 aliphatic heterocycles. The Balaban J connectivity index is 1.36. The van der Waals surface area contributed by atoms with Gasteiger partial charge >= 0.3 is 0 Å². The molecule has 0 radical (unpaired) electrons. The lowest BCUT2D eigenvalue weighted by molar-refractivity contribution is 0.0972. The van der Waals surface area contributed by atoms with Gasteiger partial charge < -0.3 is 5.32 Å². The highest BCUT2D eigenvalue weighted by Crippen LogP contribution is 2.29. The molecule has 29 heavy (non-hydrogen) atoms. The van der Waals surface area contributed by atoms with E-state index in [2.05, 4.69) is 21.7 Å². The summed E-state index contributed by atoms with van der Waals surface area (Å²) in [6, 6.07) is 21.8. The van der Waals surface area contributed by atoms with Gasteiger partial charge in [0.2, 0.25) is 0 Å². The van der Waals surface area contributed by atoms with Crippen molar-refractivity contribution in [2.45, 2.75) is 6.54 Å². The van der Waals surface area contributed by atoms with Crippen LogP contribution in [0.4, 0.5) is 4.39 Å². The SMILES string of the molecule is O=C(NC(=S)NCc1ccc(-c2nc3ccccc3s2)cc1)c1ccccc1F. The summed E-state index contributed by atoms with van der Waals surface area (Å²) in [4.78, 5) is 16.7. The maximum absolute atomic E-state index is 13.7. The quantitative estimate of drug-likeness (QED) is 0.460. The Morgan fingerprint density at radius 1 is 1.00 bits per heavy atom. The van der Waals surface area contributed by atoms with Crippen LogP contribution in [0.5, 0.6) is 0 Å². The average Bonchev–Trinajstić information content (AvgIpc) is 3.17. The number of fused-ring (bicyclic) bond motifs is 1. The molecule has 0 saturated heterocycles. The van der Waals surface area contributed by atoms with Crippen LogP contribution >= 0.6 is 23.6 Å². The number of rotatable bonds is 4. The van der Waals surface area contributed by atoms with Gasteiger partial charge in [0.1, 0.15) is 10.8 Å². The molecule has 0 atom stereocenters. The topological polar surface area (TPSA) is 54.0 Å². The fraction of sp³-hybridized carbons (Fsp3) is 0.0455. The third-order valence-corrected chi connectivity index (χ3v) is 5.63. The second-order valence-electron chi connectivity index (χ2n) is 6.30. The van der Waals surface area contributed by atoms with Crippen molar-refractivity contribution in [3.63, 3.8) is 0 Å². The summed E-state index contributed by atoms with van der Waals surface area (Å²) >= 11 is 6.79. The summed E-state index contributed by atoms with van der Waals surface area (Å²) in [5.74, 6) is -1.16. The van der Waals surface area contributed by atoms with Gasteiger partial charge in [0, 0.05) is 12.1 Å². The largest absolute Gasteiger partial charge is 0.358 e. The van der Waals surface area contributed by atoms with Crippen molar-refractivity contribution < 1.29 is 9.18 Å². The molecule has 1 amide bonds. The van der Waals surface area contributed by atoms with E-state index in [0.717, 1.165) is 26.4 Å². The van der Waals surface area contributed by atoms with Crippen LogP contribution < -0.4 is 10.6 Å². The first-order valence-corrected chi connectivity index (χ1v) is 10.1. The highest BCUT2D eigenvalue weighted by atomic mass is 32.1. The fourth-order valence-corrected chi connectivity index (χ4v) is 3.94. The maximum atomic E-state index is 13.7. The first kappa shape index (κ1) is 19.2. The zero-order valence-corrected chi connectivity index (χ0v) is 16.8. The minimum absolute atomic E-state index is 0.0446. The molecular weight excluding hydrogens is 405 g/mol. The predicted molar refractivity (Wildman–Crippen MR) is 118 cm³/mol. The van der Waals surface area contributed by atoms with Gasteiger partial charge in [-0.05, 0) is 42.0 Å². The molecule has 0 aliphatic carbocycles. The number of para-hydroxylation sites is 1. The molecule has 144 valence electrons. The Hall–Kier alpha value is -3.16. The molecule has 0 spiro atoms. The minimum Gasteiger partial charge on any atom is -0.358 e. The second kappa shape index (κ2) is 8.46. The third kappa shape index (κ3) is 4.47. The van der Waals surface area contributed by atoms with E-state index in [-0.39, 0.29) is 10.7 Å². The van der Waals surface area contributed by atoms with Crippen molar-refractivity contribution >= 4 is 44.8 Å². The van der Waals surface area contributed by atoms with Crippen LogP contribution in [-0.4, -0.2) is 16.0 Å². The third-order valence-electron chi connectivity index (χ3n) is 4.29. The molecule has 4 aromatic rings. The number of hydrogen-bond acceptors (Lipinski definition) is 4. The van der Waals surface area contributed by atoms with Crippen molar-refractivity contribution in [2.24, 2.45) is 0 Å².